The van der Waals surface area contributed by atoms with Crippen LogP contribution in [0.25, 0.3) is 0 Å². The Balaban J connectivity index is 2.35. The van der Waals surface area contributed by atoms with Gasteiger partial charge in [0.2, 0.25) is 0 Å². The largest absolute Gasteiger partial charge is 0.416 e. The summed E-state index contributed by atoms with van der Waals surface area (Å²) in [5.41, 5.74) is 1.49. The Kier molecular flexibility index (Phi) is 5.02. The van der Waals surface area contributed by atoms with Gasteiger partial charge in [-0.05, 0) is 38.1 Å². The quantitative estimate of drug-likeness (QED) is 0.790. The fourth-order valence-electron chi connectivity index (χ4n) is 2.88. The minimum absolute atomic E-state index is 0.126. The zero-order valence-electron chi connectivity index (χ0n) is 15.1. The Morgan fingerprint density at radius 3 is 2.28 bits per heavy atom. The van der Waals surface area contributed by atoms with Crippen molar-refractivity contribution >= 4 is 11.6 Å². The first-order chi connectivity index (χ1) is 11.4. The number of rotatable bonds is 3. The van der Waals surface area contributed by atoms with Crippen molar-refractivity contribution in [2.45, 2.75) is 52.8 Å². The summed E-state index contributed by atoms with van der Waals surface area (Å²) in [6.07, 6.45) is -4.44. The van der Waals surface area contributed by atoms with Crippen LogP contribution in [0.15, 0.2) is 30.3 Å². The standard InChI is InChI=1S/C19H23F3N2O/c1-6-24-12(2)15(11-16(24)18(3,4)5)17(25)23-14-9-7-8-13(10-14)19(20,21)22/h7-11H,6H2,1-5H3,(H,23,25). The number of alkyl halides is 3. The molecule has 1 aromatic carbocycles. The van der Waals surface area contributed by atoms with Gasteiger partial charge in [0.1, 0.15) is 0 Å². The van der Waals surface area contributed by atoms with E-state index in [1.807, 2.05) is 19.9 Å². The Morgan fingerprint density at radius 2 is 1.80 bits per heavy atom. The van der Waals surface area contributed by atoms with Crippen molar-refractivity contribution in [2.24, 2.45) is 0 Å². The molecule has 0 spiro atoms. The molecule has 0 aliphatic heterocycles. The summed E-state index contributed by atoms with van der Waals surface area (Å²) in [5, 5.41) is 2.58. The normalized spacial score (nSPS) is 12.3. The average Bonchev–Trinajstić information content (AvgIpc) is 2.83. The predicted octanol–water partition coefficient (Wildman–Crippen LogP) is 5.39. The second-order valence-electron chi connectivity index (χ2n) is 7.06. The summed E-state index contributed by atoms with van der Waals surface area (Å²) in [7, 11) is 0. The van der Waals surface area contributed by atoms with Gasteiger partial charge in [-0.3, -0.25) is 4.79 Å². The van der Waals surface area contributed by atoms with Crippen LogP contribution in [0.5, 0.6) is 0 Å². The number of carbonyl (C=O) groups is 1. The summed E-state index contributed by atoms with van der Waals surface area (Å²) >= 11 is 0. The number of benzene rings is 1. The van der Waals surface area contributed by atoms with E-state index in [0.29, 0.717) is 5.56 Å². The van der Waals surface area contributed by atoms with Crippen molar-refractivity contribution in [3.8, 4) is 0 Å². The van der Waals surface area contributed by atoms with E-state index in [2.05, 4.69) is 30.7 Å². The first-order valence-corrected chi connectivity index (χ1v) is 8.14. The number of hydrogen-bond donors (Lipinski definition) is 1. The van der Waals surface area contributed by atoms with Crippen LogP contribution >= 0.6 is 0 Å². The number of nitrogens with one attached hydrogen (secondary N) is 1. The van der Waals surface area contributed by atoms with Gasteiger partial charge in [-0.25, -0.2) is 0 Å². The first-order valence-electron chi connectivity index (χ1n) is 8.14. The molecule has 0 aliphatic carbocycles. The molecule has 6 heteroatoms. The lowest BCUT2D eigenvalue weighted by atomic mass is 9.92. The van der Waals surface area contributed by atoms with Crippen molar-refractivity contribution in [1.29, 1.82) is 0 Å². The van der Waals surface area contributed by atoms with Gasteiger partial charge in [-0.1, -0.05) is 26.8 Å². The summed E-state index contributed by atoms with van der Waals surface area (Å²) in [6, 6.07) is 6.47. The number of nitrogens with zero attached hydrogens (tertiary/aromatic N) is 1. The molecule has 0 aliphatic rings. The number of hydrogen-bond acceptors (Lipinski definition) is 1. The Bertz CT molecular complexity index is 783. The van der Waals surface area contributed by atoms with Crippen molar-refractivity contribution in [3.05, 3.63) is 52.8 Å². The van der Waals surface area contributed by atoms with Gasteiger partial charge < -0.3 is 9.88 Å². The van der Waals surface area contributed by atoms with E-state index in [4.69, 9.17) is 0 Å². The number of halogens is 3. The Hall–Kier alpha value is -2.24. The molecule has 1 aromatic heterocycles. The maximum Gasteiger partial charge on any atom is 0.416 e. The number of amides is 1. The van der Waals surface area contributed by atoms with Gasteiger partial charge in [0.15, 0.2) is 0 Å². The van der Waals surface area contributed by atoms with E-state index in [1.54, 1.807) is 0 Å². The molecule has 0 bridgehead atoms. The zero-order valence-corrected chi connectivity index (χ0v) is 15.1. The lowest BCUT2D eigenvalue weighted by molar-refractivity contribution is -0.137. The van der Waals surface area contributed by atoms with Gasteiger partial charge in [0, 0.05) is 29.0 Å². The van der Waals surface area contributed by atoms with Gasteiger partial charge in [0.05, 0.1) is 11.1 Å². The maximum atomic E-state index is 12.8. The van der Waals surface area contributed by atoms with Crippen LogP contribution in [0.1, 0.15) is 55.0 Å². The van der Waals surface area contributed by atoms with E-state index >= 15 is 0 Å². The van der Waals surface area contributed by atoms with Gasteiger partial charge in [-0.2, -0.15) is 13.2 Å². The minimum atomic E-state index is -4.44. The lowest BCUT2D eigenvalue weighted by Gasteiger charge is -2.21. The second kappa shape index (κ2) is 6.58. The zero-order chi connectivity index (χ0) is 19.0. The molecule has 0 atom stereocenters. The molecule has 2 aromatic rings. The van der Waals surface area contributed by atoms with E-state index in [-0.39, 0.29) is 11.1 Å². The number of carbonyl (C=O) groups excluding carboxylic acids is 1. The predicted molar refractivity (Wildman–Crippen MR) is 92.9 cm³/mol. The van der Waals surface area contributed by atoms with E-state index in [9.17, 15) is 18.0 Å². The summed E-state index contributed by atoms with van der Waals surface area (Å²) in [4.78, 5) is 12.6. The van der Waals surface area contributed by atoms with Crippen LogP contribution in [0.3, 0.4) is 0 Å². The summed E-state index contributed by atoms with van der Waals surface area (Å²) in [5.74, 6) is -0.408. The highest BCUT2D eigenvalue weighted by Gasteiger charge is 2.30. The summed E-state index contributed by atoms with van der Waals surface area (Å²) in [6.45, 7) is 10.7. The number of anilines is 1. The van der Waals surface area contributed by atoms with E-state index in [1.165, 1.54) is 12.1 Å². The molecule has 0 fully saturated rings. The molecule has 3 nitrogen and oxygen atoms in total. The third-order valence-electron chi connectivity index (χ3n) is 4.14. The lowest BCUT2D eigenvalue weighted by Crippen LogP contribution is -2.17. The molecule has 136 valence electrons. The molecule has 2 rings (SSSR count). The van der Waals surface area contributed by atoms with Crippen molar-refractivity contribution < 1.29 is 18.0 Å². The molecule has 1 amide bonds. The smallest absolute Gasteiger partial charge is 0.348 e. The molecule has 0 saturated carbocycles. The topological polar surface area (TPSA) is 34.0 Å². The van der Waals surface area contributed by atoms with Crippen LogP contribution in [0, 0.1) is 6.92 Å². The van der Waals surface area contributed by atoms with Crippen LogP contribution < -0.4 is 5.32 Å². The highest BCUT2D eigenvalue weighted by molar-refractivity contribution is 6.05. The van der Waals surface area contributed by atoms with Crippen molar-refractivity contribution in [2.75, 3.05) is 5.32 Å². The van der Waals surface area contributed by atoms with Crippen LogP contribution in [0.4, 0.5) is 18.9 Å². The number of aromatic nitrogens is 1. The Labute approximate surface area is 145 Å². The van der Waals surface area contributed by atoms with Gasteiger partial charge in [0.25, 0.3) is 5.91 Å². The molecule has 0 saturated heterocycles. The monoisotopic (exact) mass is 352 g/mol. The molecular formula is C19H23F3N2O. The third kappa shape index (κ3) is 4.06. The van der Waals surface area contributed by atoms with Crippen LogP contribution in [-0.2, 0) is 18.1 Å². The summed E-state index contributed by atoms with van der Waals surface area (Å²) < 4.78 is 40.5. The first kappa shape index (κ1) is 19.1. The maximum absolute atomic E-state index is 12.8. The molecule has 1 heterocycles. The SMILES string of the molecule is CCn1c(C(C)(C)C)cc(C(=O)Nc2cccc(C(F)(F)F)c2)c1C. The molecular weight excluding hydrogens is 329 g/mol. The van der Waals surface area contributed by atoms with Crippen molar-refractivity contribution in [3.63, 3.8) is 0 Å². The fourth-order valence-corrected chi connectivity index (χ4v) is 2.88. The highest BCUT2D eigenvalue weighted by Crippen LogP contribution is 2.31. The molecule has 1 N–H and O–H groups in total. The minimum Gasteiger partial charge on any atom is -0.348 e. The molecule has 25 heavy (non-hydrogen) atoms. The average molecular weight is 352 g/mol. The Morgan fingerprint density at radius 1 is 1.16 bits per heavy atom. The van der Waals surface area contributed by atoms with Crippen LogP contribution in [0.2, 0.25) is 0 Å². The van der Waals surface area contributed by atoms with Crippen molar-refractivity contribution in [1.82, 2.24) is 4.57 Å². The van der Waals surface area contributed by atoms with E-state index < -0.39 is 17.6 Å². The van der Waals surface area contributed by atoms with Gasteiger partial charge >= 0.3 is 6.18 Å². The third-order valence-corrected chi connectivity index (χ3v) is 4.14. The molecule has 0 unspecified atom stereocenters. The van der Waals surface area contributed by atoms with E-state index in [0.717, 1.165) is 30.1 Å². The second-order valence-corrected chi connectivity index (χ2v) is 7.06. The highest BCUT2D eigenvalue weighted by atomic mass is 19.4. The van der Waals surface area contributed by atoms with Crippen LogP contribution in [-0.4, -0.2) is 10.5 Å². The fraction of sp³-hybridized carbons (Fsp3) is 0.421. The van der Waals surface area contributed by atoms with Gasteiger partial charge in [-0.15, -0.1) is 0 Å². The molecule has 0 radical (unpaired) electrons.